The van der Waals surface area contributed by atoms with Crippen LogP contribution in [0.4, 0.5) is 0 Å². The van der Waals surface area contributed by atoms with E-state index in [4.69, 9.17) is 33.2 Å². The van der Waals surface area contributed by atoms with Crippen LogP contribution in [-0.4, -0.2) is 82.3 Å². The van der Waals surface area contributed by atoms with Crippen molar-refractivity contribution in [3.05, 3.63) is 71.3 Å². The minimum atomic E-state index is -1.05. The van der Waals surface area contributed by atoms with Crippen molar-refractivity contribution in [1.82, 2.24) is 10.3 Å². The maximum atomic E-state index is 13.4. The molecular formula is C33H40N2O11. The molecule has 46 heavy (non-hydrogen) atoms. The first-order chi connectivity index (χ1) is 22.1. The third kappa shape index (κ3) is 10.6. The van der Waals surface area contributed by atoms with Gasteiger partial charge in [0, 0.05) is 31.5 Å². The highest BCUT2D eigenvalue weighted by Gasteiger charge is 2.33. The fraction of sp³-hybridized carbons (Fsp3) is 0.424. The van der Waals surface area contributed by atoms with Gasteiger partial charge in [-0.2, -0.15) is 0 Å². The summed E-state index contributed by atoms with van der Waals surface area (Å²) in [5.41, 5.74) is 1.05. The number of benzene rings is 1. The van der Waals surface area contributed by atoms with Gasteiger partial charge in [0.15, 0.2) is 17.2 Å². The van der Waals surface area contributed by atoms with Crippen molar-refractivity contribution in [2.24, 2.45) is 11.8 Å². The van der Waals surface area contributed by atoms with Gasteiger partial charge in [-0.3, -0.25) is 14.4 Å². The molecule has 0 bridgehead atoms. The van der Waals surface area contributed by atoms with Gasteiger partial charge in [0.25, 0.3) is 5.91 Å². The molecule has 2 heterocycles. The second-order valence-corrected chi connectivity index (χ2v) is 10.6. The van der Waals surface area contributed by atoms with Crippen molar-refractivity contribution in [3.63, 3.8) is 0 Å². The lowest BCUT2D eigenvalue weighted by molar-refractivity contribution is -0.154. The molecule has 248 valence electrons. The van der Waals surface area contributed by atoms with Gasteiger partial charge >= 0.3 is 17.9 Å². The van der Waals surface area contributed by atoms with Crippen LogP contribution in [0.5, 0.6) is 11.5 Å². The van der Waals surface area contributed by atoms with Crippen LogP contribution in [0.2, 0.25) is 0 Å². The topological polar surface area (TPSA) is 158 Å². The SMILES string of the molecule is COCCC(=O)OCOc1c(OC)ccnc1C(=O)NCC1COC(=O)C(=C/c2ccccc2)/C(=C/OCC(C)C)[C@H](C)OC1=O. The molecule has 3 rings (SSSR count). The highest BCUT2D eigenvalue weighted by atomic mass is 16.7. The average Bonchev–Trinajstić information content (AvgIpc) is 3.07. The van der Waals surface area contributed by atoms with Crippen LogP contribution < -0.4 is 14.8 Å². The number of nitrogens with one attached hydrogen (secondary N) is 1. The van der Waals surface area contributed by atoms with Crippen LogP contribution in [0, 0.1) is 11.8 Å². The second kappa shape index (κ2) is 18.2. The lowest BCUT2D eigenvalue weighted by Gasteiger charge is -2.19. The molecule has 1 unspecified atom stereocenters. The number of ether oxygens (including phenoxy) is 7. The number of carbonyl (C=O) groups is 4. The number of amides is 1. The fourth-order valence-electron chi connectivity index (χ4n) is 4.09. The first-order valence-electron chi connectivity index (χ1n) is 14.7. The van der Waals surface area contributed by atoms with E-state index in [0.29, 0.717) is 12.2 Å². The van der Waals surface area contributed by atoms with Crippen molar-refractivity contribution in [2.75, 3.05) is 47.4 Å². The number of rotatable bonds is 14. The van der Waals surface area contributed by atoms with Crippen LogP contribution in [0.3, 0.4) is 0 Å². The minimum absolute atomic E-state index is 0.0177. The third-order valence-electron chi connectivity index (χ3n) is 6.51. The molecule has 1 aromatic heterocycles. The van der Waals surface area contributed by atoms with Crippen LogP contribution in [0.15, 0.2) is 60.0 Å². The molecular weight excluding hydrogens is 600 g/mol. The molecule has 0 saturated carbocycles. The molecule has 1 aliphatic rings. The quantitative estimate of drug-likeness (QED) is 0.106. The Morgan fingerprint density at radius 2 is 1.89 bits per heavy atom. The highest BCUT2D eigenvalue weighted by Crippen LogP contribution is 2.30. The monoisotopic (exact) mass is 640 g/mol. The van der Waals surface area contributed by atoms with Gasteiger partial charge in [0.1, 0.15) is 18.6 Å². The van der Waals surface area contributed by atoms with Crippen molar-refractivity contribution in [1.29, 1.82) is 0 Å². The summed E-state index contributed by atoms with van der Waals surface area (Å²) < 4.78 is 37.7. The van der Waals surface area contributed by atoms with Crippen molar-refractivity contribution >= 4 is 29.9 Å². The minimum Gasteiger partial charge on any atom is -0.500 e. The van der Waals surface area contributed by atoms with Gasteiger partial charge in [-0.25, -0.2) is 9.78 Å². The summed E-state index contributed by atoms with van der Waals surface area (Å²) in [6, 6.07) is 10.6. The van der Waals surface area contributed by atoms with E-state index in [9.17, 15) is 19.2 Å². The van der Waals surface area contributed by atoms with Crippen LogP contribution >= 0.6 is 0 Å². The maximum absolute atomic E-state index is 13.4. The van der Waals surface area contributed by atoms with Gasteiger partial charge in [0.2, 0.25) is 6.79 Å². The van der Waals surface area contributed by atoms with Gasteiger partial charge in [-0.05, 0) is 24.5 Å². The average molecular weight is 641 g/mol. The van der Waals surface area contributed by atoms with E-state index in [0.717, 1.165) is 5.56 Å². The Morgan fingerprint density at radius 1 is 1.13 bits per heavy atom. The molecule has 13 heteroatoms. The Hall–Kier alpha value is -4.91. The van der Waals surface area contributed by atoms with E-state index in [1.54, 1.807) is 13.0 Å². The molecule has 0 spiro atoms. The third-order valence-corrected chi connectivity index (χ3v) is 6.51. The van der Waals surface area contributed by atoms with E-state index >= 15 is 0 Å². The van der Waals surface area contributed by atoms with Gasteiger partial charge in [-0.15, -0.1) is 0 Å². The molecule has 1 N–H and O–H groups in total. The number of hydrogen-bond donors (Lipinski definition) is 1. The van der Waals surface area contributed by atoms with E-state index in [1.165, 1.54) is 32.7 Å². The van der Waals surface area contributed by atoms with Crippen molar-refractivity contribution < 1.29 is 52.3 Å². The molecule has 0 radical (unpaired) electrons. The molecule has 1 aromatic carbocycles. The summed E-state index contributed by atoms with van der Waals surface area (Å²) in [4.78, 5) is 55.8. The van der Waals surface area contributed by atoms with E-state index < -0.39 is 42.6 Å². The summed E-state index contributed by atoms with van der Waals surface area (Å²) in [7, 11) is 2.82. The van der Waals surface area contributed by atoms with Gasteiger partial charge in [-0.1, -0.05) is 44.2 Å². The van der Waals surface area contributed by atoms with Gasteiger partial charge in [0.05, 0.1) is 38.6 Å². The molecule has 2 aromatic rings. The number of methoxy groups -OCH3 is 2. The maximum Gasteiger partial charge on any atom is 0.338 e. The lowest BCUT2D eigenvalue weighted by atomic mass is 10.00. The molecule has 1 fully saturated rings. The number of pyridine rings is 1. The second-order valence-electron chi connectivity index (χ2n) is 10.6. The fourth-order valence-corrected chi connectivity index (χ4v) is 4.09. The normalized spacial score (nSPS) is 18.6. The number of nitrogens with zero attached hydrogens (tertiary/aromatic N) is 1. The van der Waals surface area contributed by atoms with Crippen LogP contribution in [0.25, 0.3) is 6.08 Å². The number of hydrogen-bond acceptors (Lipinski definition) is 12. The van der Waals surface area contributed by atoms with Crippen molar-refractivity contribution in [3.8, 4) is 11.5 Å². The largest absolute Gasteiger partial charge is 0.500 e. The zero-order chi connectivity index (χ0) is 33.5. The predicted molar refractivity (Wildman–Crippen MR) is 164 cm³/mol. The van der Waals surface area contributed by atoms with E-state index in [1.807, 2.05) is 44.2 Å². The lowest BCUT2D eigenvalue weighted by Crippen LogP contribution is -2.37. The first kappa shape index (κ1) is 35.6. The number of esters is 3. The molecule has 2 atom stereocenters. The summed E-state index contributed by atoms with van der Waals surface area (Å²) in [6.45, 7) is 5.00. The predicted octanol–water partition coefficient (Wildman–Crippen LogP) is 3.48. The van der Waals surface area contributed by atoms with Crippen LogP contribution in [0.1, 0.15) is 43.2 Å². The number of carbonyl (C=O) groups excluding carboxylic acids is 4. The zero-order valence-corrected chi connectivity index (χ0v) is 26.6. The highest BCUT2D eigenvalue weighted by molar-refractivity contribution is 5.99. The number of aromatic nitrogens is 1. The molecule has 0 aliphatic carbocycles. The summed E-state index contributed by atoms with van der Waals surface area (Å²) in [6.07, 6.45) is 3.53. The number of cyclic esters (lactones) is 2. The first-order valence-corrected chi connectivity index (χ1v) is 14.7. The van der Waals surface area contributed by atoms with Crippen LogP contribution in [-0.2, 0) is 38.1 Å². The summed E-state index contributed by atoms with van der Waals surface area (Å²) in [5.74, 6) is -3.43. The molecule has 1 aliphatic heterocycles. The summed E-state index contributed by atoms with van der Waals surface area (Å²) >= 11 is 0. The van der Waals surface area contributed by atoms with E-state index in [2.05, 4.69) is 10.3 Å². The Morgan fingerprint density at radius 3 is 2.59 bits per heavy atom. The van der Waals surface area contributed by atoms with Crippen molar-refractivity contribution in [2.45, 2.75) is 33.3 Å². The summed E-state index contributed by atoms with van der Waals surface area (Å²) in [5, 5.41) is 2.62. The molecule has 13 nitrogen and oxygen atoms in total. The molecule has 1 amide bonds. The Balaban J connectivity index is 1.78. The zero-order valence-electron chi connectivity index (χ0n) is 26.6. The standard InChI is InChI=1S/C33H40N2O11/c1-21(2)17-42-19-26-22(3)46-32(38)24(18-43-33(39)25(26)15-23-9-7-6-8-10-23)16-35-31(37)29-30(27(41-5)11-13-34-29)45-20-44-28(36)12-14-40-4/h6-11,13,15,19,21-22,24H,12,14,16-18,20H2,1-5H3,(H,35,37)/b25-15+,26-19+/t22-,24?/m0/s1. The Bertz CT molecular complexity index is 1410. The smallest absolute Gasteiger partial charge is 0.338 e. The molecule has 1 saturated heterocycles. The Kier molecular flexibility index (Phi) is 14.0. The van der Waals surface area contributed by atoms with E-state index in [-0.39, 0.29) is 54.9 Å². The Labute approximate surface area is 267 Å². The van der Waals surface area contributed by atoms with Gasteiger partial charge < -0.3 is 38.5 Å².